The van der Waals surface area contributed by atoms with E-state index in [9.17, 15) is 4.79 Å². The van der Waals surface area contributed by atoms with Crippen LogP contribution in [0.25, 0.3) is 0 Å². The quantitative estimate of drug-likeness (QED) is 0.794. The summed E-state index contributed by atoms with van der Waals surface area (Å²) in [5.41, 5.74) is 5.87. The summed E-state index contributed by atoms with van der Waals surface area (Å²) < 4.78 is 0. The van der Waals surface area contributed by atoms with Gasteiger partial charge in [-0.05, 0) is 24.7 Å². The molecule has 0 radical (unpaired) electrons. The molecule has 2 saturated carbocycles. The zero-order valence-electron chi connectivity index (χ0n) is 10.6. The summed E-state index contributed by atoms with van der Waals surface area (Å²) in [5.74, 6) is 2.35. The van der Waals surface area contributed by atoms with E-state index in [2.05, 4.69) is 0 Å². The van der Waals surface area contributed by atoms with Crippen molar-refractivity contribution in [1.29, 1.82) is 0 Å². The number of hydrogen-bond donors (Lipinski definition) is 1. The zero-order valence-corrected chi connectivity index (χ0v) is 10.6. The lowest BCUT2D eigenvalue weighted by molar-refractivity contribution is -0.132. The molecule has 0 spiro atoms. The van der Waals surface area contributed by atoms with Crippen LogP contribution in [0.4, 0.5) is 0 Å². The average molecular weight is 236 g/mol. The fourth-order valence-electron chi connectivity index (χ4n) is 3.80. The number of rotatable bonds is 2. The van der Waals surface area contributed by atoms with Crippen LogP contribution in [-0.2, 0) is 4.79 Å². The number of nitrogens with two attached hydrogens (primary N) is 1. The molecule has 96 valence electrons. The molecule has 1 amide bonds. The van der Waals surface area contributed by atoms with Crippen LogP contribution < -0.4 is 5.73 Å². The second-order valence-electron chi connectivity index (χ2n) is 6.24. The summed E-state index contributed by atoms with van der Waals surface area (Å²) in [6.45, 7) is 1.70. The lowest BCUT2D eigenvalue weighted by Crippen LogP contribution is -2.33. The molecule has 3 fully saturated rings. The average Bonchev–Trinajstić information content (AvgIpc) is 3.05. The maximum atomic E-state index is 12.3. The van der Waals surface area contributed by atoms with Crippen molar-refractivity contribution in [2.75, 3.05) is 13.1 Å². The molecule has 2 aliphatic carbocycles. The van der Waals surface area contributed by atoms with E-state index < -0.39 is 0 Å². The van der Waals surface area contributed by atoms with Gasteiger partial charge in [0.25, 0.3) is 0 Å². The summed E-state index contributed by atoms with van der Waals surface area (Å²) in [6, 6.07) is 0.228. The van der Waals surface area contributed by atoms with Crippen LogP contribution >= 0.6 is 0 Å². The van der Waals surface area contributed by atoms with Crippen LogP contribution in [-0.4, -0.2) is 29.9 Å². The van der Waals surface area contributed by atoms with Crippen molar-refractivity contribution in [2.24, 2.45) is 23.5 Å². The van der Waals surface area contributed by atoms with Gasteiger partial charge in [-0.3, -0.25) is 4.79 Å². The lowest BCUT2D eigenvalue weighted by Gasteiger charge is -2.22. The Morgan fingerprint density at radius 3 is 2.53 bits per heavy atom. The van der Waals surface area contributed by atoms with Gasteiger partial charge in [0.15, 0.2) is 0 Å². The summed E-state index contributed by atoms with van der Waals surface area (Å²) in [6.07, 6.45) is 9.07. The molecule has 3 nitrogen and oxygen atoms in total. The predicted molar refractivity (Wildman–Crippen MR) is 67.3 cm³/mol. The molecule has 3 rings (SSSR count). The topological polar surface area (TPSA) is 46.3 Å². The minimum absolute atomic E-state index is 0.228. The summed E-state index contributed by atoms with van der Waals surface area (Å²) >= 11 is 0. The third-order valence-electron chi connectivity index (χ3n) is 4.95. The van der Waals surface area contributed by atoms with Gasteiger partial charge in [0, 0.05) is 25.0 Å². The van der Waals surface area contributed by atoms with E-state index in [-0.39, 0.29) is 6.04 Å². The second-order valence-corrected chi connectivity index (χ2v) is 6.24. The largest absolute Gasteiger partial charge is 0.341 e. The fraction of sp³-hybridized carbons (Fsp3) is 0.929. The second kappa shape index (κ2) is 4.60. The highest BCUT2D eigenvalue weighted by atomic mass is 16.2. The first kappa shape index (κ1) is 11.5. The summed E-state index contributed by atoms with van der Waals surface area (Å²) in [4.78, 5) is 14.3. The summed E-state index contributed by atoms with van der Waals surface area (Å²) in [5, 5.41) is 0. The molecule has 1 saturated heterocycles. The van der Waals surface area contributed by atoms with Crippen LogP contribution in [0, 0.1) is 17.8 Å². The maximum absolute atomic E-state index is 12.3. The molecule has 1 aliphatic heterocycles. The smallest absolute Gasteiger partial charge is 0.226 e. The number of carbonyl (C=O) groups excluding carboxylic acids is 1. The standard InChI is InChI=1S/C14H24N2O/c15-11-6-7-16(9-11)14(17)13-8-12(13)10-4-2-1-3-5-10/h10-13H,1-9,15H2/t11-,12-,13-/m1/s1. The van der Waals surface area contributed by atoms with Crippen molar-refractivity contribution in [1.82, 2.24) is 4.90 Å². The SMILES string of the molecule is N[C@@H]1CCN(C(=O)[C@@H]2C[C@@H]2C2CCCCC2)C1. The third kappa shape index (κ3) is 2.35. The third-order valence-corrected chi connectivity index (χ3v) is 4.95. The Bertz CT molecular complexity index is 299. The van der Waals surface area contributed by atoms with E-state index in [1.165, 1.54) is 32.1 Å². The highest BCUT2D eigenvalue weighted by molar-refractivity contribution is 5.82. The first-order chi connectivity index (χ1) is 8.25. The normalized spacial score (nSPS) is 38.4. The minimum atomic E-state index is 0.228. The van der Waals surface area contributed by atoms with Crippen LogP contribution in [0.1, 0.15) is 44.9 Å². The van der Waals surface area contributed by atoms with E-state index in [1.807, 2.05) is 4.90 Å². The predicted octanol–water partition coefficient (Wildman–Crippen LogP) is 1.76. The molecule has 3 heteroatoms. The molecule has 0 aromatic carbocycles. The van der Waals surface area contributed by atoms with Gasteiger partial charge >= 0.3 is 0 Å². The molecule has 1 heterocycles. The van der Waals surface area contributed by atoms with E-state index in [0.717, 1.165) is 37.8 Å². The number of amides is 1. The number of hydrogen-bond acceptors (Lipinski definition) is 2. The van der Waals surface area contributed by atoms with Crippen LogP contribution in [0.2, 0.25) is 0 Å². The highest BCUT2D eigenvalue weighted by Gasteiger charge is 2.49. The Hall–Kier alpha value is -0.570. The fourth-order valence-corrected chi connectivity index (χ4v) is 3.80. The van der Waals surface area contributed by atoms with Crippen molar-refractivity contribution >= 4 is 5.91 Å². The van der Waals surface area contributed by atoms with E-state index in [0.29, 0.717) is 11.8 Å². The Labute approximate surface area is 104 Å². The van der Waals surface area contributed by atoms with Gasteiger partial charge in [0.1, 0.15) is 0 Å². The lowest BCUT2D eigenvalue weighted by atomic mass is 9.85. The molecule has 2 N–H and O–H groups in total. The molecule has 17 heavy (non-hydrogen) atoms. The summed E-state index contributed by atoms with van der Waals surface area (Å²) in [7, 11) is 0. The monoisotopic (exact) mass is 236 g/mol. The van der Waals surface area contributed by atoms with Gasteiger partial charge in [-0.2, -0.15) is 0 Å². The Morgan fingerprint density at radius 1 is 1.12 bits per heavy atom. The highest BCUT2D eigenvalue weighted by Crippen LogP contribution is 2.50. The number of carbonyl (C=O) groups is 1. The van der Waals surface area contributed by atoms with Crippen LogP contribution in [0.3, 0.4) is 0 Å². The zero-order chi connectivity index (χ0) is 11.8. The van der Waals surface area contributed by atoms with Crippen molar-refractivity contribution in [3.63, 3.8) is 0 Å². The Morgan fingerprint density at radius 2 is 1.88 bits per heavy atom. The maximum Gasteiger partial charge on any atom is 0.226 e. The van der Waals surface area contributed by atoms with Crippen molar-refractivity contribution < 1.29 is 4.79 Å². The Balaban J connectivity index is 1.51. The molecular weight excluding hydrogens is 212 g/mol. The van der Waals surface area contributed by atoms with Gasteiger partial charge in [-0.25, -0.2) is 0 Å². The first-order valence-corrected chi connectivity index (χ1v) is 7.30. The number of nitrogens with zero attached hydrogens (tertiary/aromatic N) is 1. The van der Waals surface area contributed by atoms with Gasteiger partial charge in [0.05, 0.1) is 0 Å². The molecule has 0 aromatic heterocycles. The molecule has 0 unspecified atom stereocenters. The van der Waals surface area contributed by atoms with Crippen LogP contribution in [0.15, 0.2) is 0 Å². The Kier molecular flexibility index (Phi) is 3.12. The van der Waals surface area contributed by atoms with Gasteiger partial charge in [-0.15, -0.1) is 0 Å². The molecular formula is C14H24N2O. The van der Waals surface area contributed by atoms with Crippen molar-refractivity contribution in [2.45, 2.75) is 51.0 Å². The molecule has 0 aromatic rings. The van der Waals surface area contributed by atoms with E-state index >= 15 is 0 Å². The van der Waals surface area contributed by atoms with E-state index in [4.69, 9.17) is 5.73 Å². The van der Waals surface area contributed by atoms with Crippen molar-refractivity contribution in [3.8, 4) is 0 Å². The van der Waals surface area contributed by atoms with E-state index in [1.54, 1.807) is 0 Å². The van der Waals surface area contributed by atoms with Gasteiger partial charge < -0.3 is 10.6 Å². The minimum Gasteiger partial charge on any atom is -0.341 e. The number of likely N-dealkylation sites (tertiary alicyclic amines) is 1. The van der Waals surface area contributed by atoms with Gasteiger partial charge in [-0.1, -0.05) is 32.1 Å². The molecule has 3 atom stereocenters. The van der Waals surface area contributed by atoms with Crippen molar-refractivity contribution in [3.05, 3.63) is 0 Å². The van der Waals surface area contributed by atoms with Gasteiger partial charge in [0.2, 0.25) is 5.91 Å². The molecule has 3 aliphatic rings. The molecule has 0 bridgehead atoms. The van der Waals surface area contributed by atoms with Crippen LogP contribution in [0.5, 0.6) is 0 Å². The first-order valence-electron chi connectivity index (χ1n) is 7.30.